The smallest absolute Gasteiger partial charge is 0.167 e. The van der Waals surface area contributed by atoms with Gasteiger partial charge in [-0.2, -0.15) is 0 Å². The molecule has 1 aromatic carbocycles. The number of methoxy groups -OCH3 is 1. The van der Waals surface area contributed by atoms with E-state index in [2.05, 4.69) is 15.9 Å². The molecule has 0 saturated carbocycles. The van der Waals surface area contributed by atoms with Crippen molar-refractivity contribution in [2.75, 3.05) is 7.11 Å². The molecular formula is C10H13BrO3. The van der Waals surface area contributed by atoms with Crippen LogP contribution >= 0.6 is 15.9 Å². The van der Waals surface area contributed by atoms with Gasteiger partial charge in [-0.25, -0.2) is 0 Å². The Hall–Kier alpha value is -0.740. The van der Waals surface area contributed by atoms with E-state index in [0.717, 1.165) is 0 Å². The number of phenolic OH excluding ortho intramolecular Hbond substituents is 1. The molecule has 0 fully saturated rings. The third-order valence-electron chi connectivity index (χ3n) is 1.90. The third-order valence-corrected chi connectivity index (χ3v) is 2.56. The third kappa shape index (κ3) is 2.01. The zero-order valence-electron chi connectivity index (χ0n) is 8.34. The molecule has 0 spiro atoms. The Labute approximate surface area is 91.5 Å². The number of rotatable bonds is 2. The summed E-state index contributed by atoms with van der Waals surface area (Å²) >= 11 is 3.31. The molecule has 3 nitrogen and oxygen atoms in total. The van der Waals surface area contributed by atoms with E-state index >= 15 is 0 Å². The van der Waals surface area contributed by atoms with Crippen LogP contribution in [-0.4, -0.2) is 17.3 Å². The number of benzene rings is 1. The number of hydrogen-bond acceptors (Lipinski definition) is 3. The summed E-state index contributed by atoms with van der Waals surface area (Å²) in [4.78, 5) is 0. The summed E-state index contributed by atoms with van der Waals surface area (Å²) in [5, 5.41) is 19.4. The Kier molecular flexibility index (Phi) is 3.07. The van der Waals surface area contributed by atoms with E-state index in [1.807, 2.05) is 0 Å². The first-order valence-electron chi connectivity index (χ1n) is 4.16. The minimum absolute atomic E-state index is 0.0211. The fourth-order valence-corrected chi connectivity index (χ4v) is 2.12. The van der Waals surface area contributed by atoms with Gasteiger partial charge in [0.15, 0.2) is 11.5 Å². The topological polar surface area (TPSA) is 49.7 Å². The molecule has 1 rings (SSSR count). The molecular weight excluding hydrogens is 248 g/mol. The van der Waals surface area contributed by atoms with Crippen LogP contribution < -0.4 is 4.74 Å². The molecule has 0 aromatic heterocycles. The lowest BCUT2D eigenvalue weighted by Crippen LogP contribution is -2.17. The number of halogens is 1. The molecule has 1 aromatic rings. The first-order valence-corrected chi connectivity index (χ1v) is 4.95. The largest absolute Gasteiger partial charge is 0.504 e. The maximum atomic E-state index is 9.89. The van der Waals surface area contributed by atoms with E-state index in [1.54, 1.807) is 19.9 Å². The molecule has 0 radical (unpaired) electrons. The van der Waals surface area contributed by atoms with E-state index in [0.29, 0.717) is 15.8 Å². The van der Waals surface area contributed by atoms with Gasteiger partial charge >= 0.3 is 0 Å². The fraction of sp³-hybridized carbons (Fsp3) is 0.400. The Morgan fingerprint density at radius 2 is 1.93 bits per heavy atom. The maximum Gasteiger partial charge on any atom is 0.167 e. The van der Waals surface area contributed by atoms with Crippen LogP contribution in [0.15, 0.2) is 16.6 Å². The van der Waals surface area contributed by atoms with E-state index in [9.17, 15) is 10.2 Å². The quantitative estimate of drug-likeness (QED) is 0.859. The van der Waals surface area contributed by atoms with Crippen molar-refractivity contribution in [3.8, 4) is 11.5 Å². The van der Waals surface area contributed by atoms with E-state index < -0.39 is 5.60 Å². The summed E-state index contributed by atoms with van der Waals surface area (Å²) in [6.07, 6.45) is 0. The number of aliphatic hydroxyl groups is 1. The number of ether oxygens (including phenoxy) is 1. The van der Waals surface area contributed by atoms with Crippen LogP contribution in [0.4, 0.5) is 0 Å². The van der Waals surface area contributed by atoms with Crippen LogP contribution in [0.5, 0.6) is 11.5 Å². The standard InChI is InChI=1S/C10H13BrO3/c1-10(2,13)8-6(11)4-5-7(12)9(8)14-3/h4-5,12-13H,1-3H3. The van der Waals surface area contributed by atoms with Crippen LogP contribution in [0.3, 0.4) is 0 Å². The molecule has 0 aliphatic rings. The number of aromatic hydroxyl groups is 1. The second kappa shape index (κ2) is 3.79. The van der Waals surface area contributed by atoms with Gasteiger partial charge in [0.05, 0.1) is 12.7 Å². The average Bonchev–Trinajstić information content (AvgIpc) is 2.06. The average molecular weight is 261 g/mol. The van der Waals surface area contributed by atoms with E-state index in [-0.39, 0.29) is 5.75 Å². The second-order valence-electron chi connectivity index (χ2n) is 3.53. The van der Waals surface area contributed by atoms with E-state index in [4.69, 9.17) is 4.74 Å². The highest BCUT2D eigenvalue weighted by molar-refractivity contribution is 9.10. The fourth-order valence-electron chi connectivity index (χ4n) is 1.32. The SMILES string of the molecule is COc1c(O)ccc(Br)c1C(C)(C)O. The molecule has 0 amide bonds. The summed E-state index contributed by atoms with van der Waals surface area (Å²) in [7, 11) is 1.46. The Balaban J connectivity index is 3.46. The highest BCUT2D eigenvalue weighted by Gasteiger charge is 2.26. The summed E-state index contributed by atoms with van der Waals surface area (Å²) in [6, 6.07) is 3.18. The lowest BCUT2D eigenvalue weighted by molar-refractivity contribution is 0.0743. The molecule has 4 heteroatoms. The van der Waals surface area contributed by atoms with E-state index in [1.165, 1.54) is 13.2 Å². The van der Waals surface area contributed by atoms with Crippen molar-refractivity contribution < 1.29 is 14.9 Å². The minimum atomic E-state index is -1.07. The summed E-state index contributed by atoms with van der Waals surface area (Å²) < 4.78 is 5.75. The molecule has 0 heterocycles. The van der Waals surface area contributed by atoms with Gasteiger partial charge in [0.1, 0.15) is 0 Å². The molecule has 0 unspecified atom stereocenters. The van der Waals surface area contributed by atoms with Gasteiger partial charge in [0.2, 0.25) is 0 Å². The highest BCUT2D eigenvalue weighted by Crippen LogP contribution is 2.41. The maximum absolute atomic E-state index is 9.89. The lowest BCUT2D eigenvalue weighted by Gasteiger charge is -2.22. The monoisotopic (exact) mass is 260 g/mol. The predicted molar refractivity (Wildman–Crippen MR) is 57.6 cm³/mol. The predicted octanol–water partition coefficient (Wildman–Crippen LogP) is 2.39. The number of hydrogen-bond donors (Lipinski definition) is 2. The Bertz CT molecular complexity index is 342. The number of phenols is 1. The van der Waals surface area contributed by atoms with Crippen molar-refractivity contribution in [1.29, 1.82) is 0 Å². The first-order chi connectivity index (χ1) is 6.38. The molecule has 0 saturated heterocycles. The molecule has 0 aliphatic carbocycles. The van der Waals surface area contributed by atoms with Crippen LogP contribution in [0, 0.1) is 0 Å². The first kappa shape index (κ1) is 11.3. The van der Waals surface area contributed by atoms with Crippen LogP contribution in [0.1, 0.15) is 19.4 Å². The second-order valence-corrected chi connectivity index (χ2v) is 4.39. The normalized spacial score (nSPS) is 11.5. The molecule has 0 atom stereocenters. The van der Waals surface area contributed by atoms with Gasteiger partial charge in [0.25, 0.3) is 0 Å². The van der Waals surface area contributed by atoms with Gasteiger partial charge in [-0.3, -0.25) is 0 Å². The van der Waals surface area contributed by atoms with Crippen molar-refractivity contribution in [3.63, 3.8) is 0 Å². The van der Waals surface area contributed by atoms with Crippen LogP contribution in [0.25, 0.3) is 0 Å². The van der Waals surface area contributed by atoms with Gasteiger partial charge in [-0.15, -0.1) is 0 Å². The Morgan fingerprint density at radius 3 is 2.29 bits per heavy atom. The summed E-state index contributed by atoms with van der Waals surface area (Å²) in [6.45, 7) is 3.27. The molecule has 14 heavy (non-hydrogen) atoms. The van der Waals surface area contributed by atoms with Crippen LogP contribution in [0.2, 0.25) is 0 Å². The van der Waals surface area contributed by atoms with Gasteiger partial charge in [-0.05, 0) is 26.0 Å². The van der Waals surface area contributed by atoms with Crippen molar-refractivity contribution in [2.24, 2.45) is 0 Å². The lowest BCUT2D eigenvalue weighted by atomic mass is 9.97. The minimum Gasteiger partial charge on any atom is -0.504 e. The molecule has 0 bridgehead atoms. The summed E-state index contributed by atoms with van der Waals surface area (Å²) in [5.41, 5.74) is -0.525. The van der Waals surface area contributed by atoms with Crippen molar-refractivity contribution in [1.82, 2.24) is 0 Å². The zero-order valence-corrected chi connectivity index (χ0v) is 9.92. The van der Waals surface area contributed by atoms with Gasteiger partial charge in [0, 0.05) is 10.0 Å². The Morgan fingerprint density at radius 1 is 1.36 bits per heavy atom. The van der Waals surface area contributed by atoms with Gasteiger partial charge in [-0.1, -0.05) is 15.9 Å². The van der Waals surface area contributed by atoms with Crippen molar-refractivity contribution in [3.05, 3.63) is 22.2 Å². The highest BCUT2D eigenvalue weighted by atomic mass is 79.9. The van der Waals surface area contributed by atoms with Gasteiger partial charge < -0.3 is 14.9 Å². The molecule has 0 aliphatic heterocycles. The van der Waals surface area contributed by atoms with Crippen molar-refractivity contribution in [2.45, 2.75) is 19.4 Å². The molecule has 2 N–H and O–H groups in total. The zero-order chi connectivity index (χ0) is 10.9. The molecule has 78 valence electrons. The van der Waals surface area contributed by atoms with Crippen molar-refractivity contribution >= 4 is 15.9 Å². The van der Waals surface area contributed by atoms with Crippen LogP contribution in [-0.2, 0) is 5.60 Å². The summed E-state index contributed by atoms with van der Waals surface area (Å²) in [5.74, 6) is 0.319.